The molecule has 0 unspecified atom stereocenters. The minimum absolute atomic E-state index is 0.0837. The number of anilines is 1. The van der Waals surface area contributed by atoms with E-state index in [2.05, 4.69) is 10.3 Å². The first kappa shape index (κ1) is 16.4. The molecule has 0 aliphatic heterocycles. The first-order valence-electron chi connectivity index (χ1n) is 6.88. The fourth-order valence-electron chi connectivity index (χ4n) is 1.73. The van der Waals surface area contributed by atoms with E-state index < -0.39 is 0 Å². The number of aliphatic hydroxyl groups excluding tert-OH is 1. The Kier molecular flexibility index (Phi) is 5.95. The van der Waals surface area contributed by atoms with Crippen LogP contribution < -0.4 is 10.2 Å². The van der Waals surface area contributed by atoms with Crippen LogP contribution >= 0.6 is 0 Å². The molecule has 1 aromatic heterocycles. The van der Waals surface area contributed by atoms with Crippen LogP contribution in [0, 0.1) is 5.41 Å². The van der Waals surface area contributed by atoms with Gasteiger partial charge in [-0.25, -0.2) is 4.98 Å². The summed E-state index contributed by atoms with van der Waals surface area (Å²) in [6.45, 7) is 4.80. The number of aliphatic hydroxyl groups is 1. The molecule has 1 aromatic rings. The topological polar surface area (TPSA) is 65.5 Å². The lowest BCUT2D eigenvalue weighted by Crippen LogP contribution is -2.26. The number of nitrogens with zero attached hydrogens (tertiary/aromatic N) is 2. The van der Waals surface area contributed by atoms with Crippen molar-refractivity contribution in [1.29, 1.82) is 0 Å². The van der Waals surface area contributed by atoms with E-state index in [-0.39, 0.29) is 17.9 Å². The van der Waals surface area contributed by atoms with Gasteiger partial charge >= 0.3 is 0 Å². The maximum atomic E-state index is 11.9. The van der Waals surface area contributed by atoms with Crippen molar-refractivity contribution >= 4 is 11.7 Å². The predicted octanol–water partition coefficient (Wildman–Crippen LogP) is 1.68. The Balaban J connectivity index is 2.40. The molecule has 0 spiro atoms. The largest absolute Gasteiger partial charge is 0.396 e. The molecule has 1 heterocycles. The number of carbonyl (C=O) groups is 1. The lowest BCUT2D eigenvalue weighted by molar-refractivity contribution is 0.0948. The van der Waals surface area contributed by atoms with Crippen LogP contribution in [0.15, 0.2) is 18.3 Å². The van der Waals surface area contributed by atoms with Crippen molar-refractivity contribution in [3.05, 3.63) is 23.9 Å². The standard InChI is InChI=1S/C15H25N3O2/c1-15(2,11-19)8-5-9-16-14(20)12-6-7-13(17-10-12)18(3)4/h6-7,10,19H,5,8-9,11H2,1-4H3,(H,16,20). The first-order valence-corrected chi connectivity index (χ1v) is 6.88. The molecule has 0 aliphatic carbocycles. The molecule has 2 N–H and O–H groups in total. The van der Waals surface area contributed by atoms with Gasteiger partial charge in [-0.15, -0.1) is 0 Å². The molecule has 20 heavy (non-hydrogen) atoms. The minimum atomic E-state index is -0.107. The molecule has 0 aromatic carbocycles. The van der Waals surface area contributed by atoms with Crippen molar-refractivity contribution in [3.63, 3.8) is 0 Å². The Labute approximate surface area is 121 Å². The molecule has 5 nitrogen and oxygen atoms in total. The highest BCUT2D eigenvalue weighted by Gasteiger charge is 2.15. The molecule has 1 rings (SSSR count). The average molecular weight is 279 g/mol. The molecule has 0 atom stereocenters. The summed E-state index contributed by atoms with van der Waals surface area (Å²) in [6.07, 6.45) is 3.31. The molecular formula is C15H25N3O2. The van der Waals surface area contributed by atoms with Gasteiger partial charge in [0.1, 0.15) is 5.82 Å². The number of pyridine rings is 1. The highest BCUT2D eigenvalue weighted by molar-refractivity contribution is 5.94. The molecule has 0 fully saturated rings. The minimum Gasteiger partial charge on any atom is -0.396 e. The van der Waals surface area contributed by atoms with Crippen molar-refractivity contribution in [2.24, 2.45) is 5.41 Å². The van der Waals surface area contributed by atoms with Gasteiger partial charge in [0.25, 0.3) is 5.91 Å². The van der Waals surface area contributed by atoms with E-state index in [1.54, 1.807) is 12.3 Å². The Morgan fingerprint density at radius 1 is 1.40 bits per heavy atom. The fraction of sp³-hybridized carbons (Fsp3) is 0.600. The van der Waals surface area contributed by atoms with E-state index >= 15 is 0 Å². The Morgan fingerprint density at radius 2 is 2.10 bits per heavy atom. The molecule has 1 amide bonds. The van der Waals surface area contributed by atoms with Gasteiger partial charge < -0.3 is 15.3 Å². The van der Waals surface area contributed by atoms with Crippen LogP contribution in [0.2, 0.25) is 0 Å². The van der Waals surface area contributed by atoms with Gasteiger partial charge in [-0.2, -0.15) is 0 Å². The summed E-state index contributed by atoms with van der Waals surface area (Å²) in [6, 6.07) is 3.60. The van der Waals surface area contributed by atoms with Crippen LogP contribution in [0.4, 0.5) is 5.82 Å². The fourth-order valence-corrected chi connectivity index (χ4v) is 1.73. The van der Waals surface area contributed by atoms with Gasteiger partial charge in [-0.05, 0) is 30.4 Å². The number of nitrogens with one attached hydrogen (secondary N) is 1. The zero-order valence-corrected chi connectivity index (χ0v) is 12.8. The SMILES string of the molecule is CN(C)c1ccc(C(=O)NCCCC(C)(C)CO)cn1. The summed E-state index contributed by atoms with van der Waals surface area (Å²) >= 11 is 0. The number of rotatable bonds is 7. The summed E-state index contributed by atoms with van der Waals surface area (Å²) in [5.74, 6) is 0.718. The third-order valence-corrected chi connectivity index (χ3v) is 3.21. The number of carbonyl (C=O) groups excluding carboxylic acids is 1. The highest BCUT2D eigenvalue weighted by Crippen LogP contribution is 2.20. The van der Waals surface area contributed by atoms with E-state index in [0.717, 1.165) is 18.7 Å². The van der Waals surface area contributed by atoms with Crippen LogP contribution in [0.25, 0.3) is 0 Å². The molecule has 0 aliphatic rings. The summed E-state index contributed by atoms with van der Waals surface area (Å²) in [5, 5.41) is 12.0. The lowest BCUT2D eigenvalue weighted by Gasteiger charge is -2.21. The van der Waals surface area contributed by atoms with Crippen LogP contribution in [0.1, 0.15) is 37.0 Å². The number of hydrogen-bond acceptors (Lipinski definition) is 4. The summed E-state index contributed by atoms with van der Waals surface area (Å²) in [5.41, 5.74) is 0.483. The van der Waals surface area contributed by atoms with Gasteiger partial charge in [-0.3, -0.25) is 4.79 Å². The van der Waals surface area contributed by atoms with Crippen LogP contribution in [-0.2, 0) is 0 Å². The Morgan fingerprint density at radius 3 is 2.60 bits per heavy atom. The highest BCUT2D eigenvalue weighted by atomic mass is 16.3. The second kappa shape index (κ2) is 7.24. The Hall–Kier alpha value is -1.62. The van der Waals surface area contributed by atoms with E-state index in [1.165, 1.54) is 0 Å². The lowest BCUT2D eigenvalue weighted by atomic mass is 9.89. The van der Waals surface area contributed by atoms with E-state index in [0.29, 0.717) is 12.1 Å². The van der Waals surface area contributed by atoms with E-state index in [9.17, 15) is 4.79 Å². The summed E-state index contributed by atoms with van der Waals surface area (Å²) < 4.78 is 0. The third kappa shape index (κ3) is 5.17. The van der Waals surface area contributed by atoms with Gasteiger partial charge in [-0.1, -0.05) is 13.8 Å². The van der Waals surface area contributed by atoms with Gasteiger partial charge in [0.2, 0.25) is 0 Å². The second-order valence-electron chi connectivity index (χ2n) is 5.98. The van der Waals surface area contributed by atoms with Crippen molar-refractivity contribution in [2.45, 2.75) is 26.7 Å². The Bertz CT molecular complexity index is 427. The molecular weight excluding hydrogens is 254 g/mol. The maximum absolute atomic E-state index is 11.9. The maximum Gasteiger partial charge on any atom is 0.252 e. The predicted molar refractivity (Wildman–Crippen MR) is 81.0 cm³/mol. The summed E-state index contributed by atoms with van der Waals surface area (Å²) in [7, 11) is 3.82. The molecule has 0 saturated heterocycles. The molecule has 112 valence electrons. The van der Waals surface area contributed by atoms with Gasteiger partial charge in [0, 0.05) is 33.4 Å². The van der Waals surface area contributed by atoms with Crippen molar-refractivity contribution in [1.82, 2.24) is 10.3 Å². The molecule has 0 saturated carbocycles. The van der Waals surface area contributed by atoms with E-state index in [4.69, 9.17) is 5.11 Å². The van der Waals surface area contributed by atoms with Gasteiger partial charge in [0.15, 0.2) is 0 Å². The van der Waals surface area contributed by atoms with Crippen LogP contribution in [-0.4, -0.2) is 43.2 Å². The second-order valence-corrected chi connectivity index (χ2v) is 5.98. The zero-order valence-electron chi connectivity index (χ0n) is 12.8. The number of hydrogen-bond donors (Lipinski definition) is 2. The quantitative estimate of drug-likeness (QED) is 0.745. The number of aromatic nitrogens is 1. The molecule has 5 heteroatoms. The first-order chi connectivity index (χ1) is 9.35. The zero-order chi connectivity index (χ0) is 15.2. The number of amides is 1. The average Bonchev–Trinajstić information content (AvgIpc) is 2.43. The smallest absolute Gasteiger partial charge is 0.252 e. The van der Waals surface area contributed by atoms with Crippen LogP contribution in [0.5, 0.6) is 0 Å². The molecule has 0 bridgehead atoms. The van der Waals surface area contributed by atoms with Crippen LogP contribution in [0.3, 0.4) is 0 Å². The van der Waals surface area contributed by atoms with E-state index in [1.807, 2.05) is 38.9 Å². The third-order valence-electron chi connectivity index (χ3n) is 3.21. The summed E-state index contributed by atoms with van der Waals surface area (Å²) in [4.78, 5) is 18.0. The monoisotopic (exact) mass is 279 g/mol. The molecule has 0 radical (unpaired) electrons. The van der Waals surface area contributed by atoms with Crippen molar-refractivity contribution < 1.29 is 9.90 Å². The van der Waals surface area contributed by atoms with Gasteiger partial charge in [0.05, 0.1) is 5.56 Å². The normalized spacial score (nSPS) is 11.2. The van der Waals surface area contributed by atoms with Crippen molar-refractivity contribution in [2.75, 3.05) is 32.1 Å². The van der Waals surface area contributed by atoms with Crippen molar-refractivity contribution in [3.8, 4) is 0 Å².